The fourth-order valence-electron chi connectivity index (χ4n) is 1.86. The number of benzene rings is 1. The first kappa shape index (κ1) is 17.0. The topological polar surface area (TPSA) is 75.6 Å². The number of nitrogens with one attached hydrogen (secondary N) is 1. The van der Waals surface area contributed by atoms with Gasteiger partial charge in [0.15, 0.2) is 6.10 Å². The number of aliphatic carboxylic acids is 1. The number of carbonyl (C=O) groups is 2. The van der Waals surface area contributed by atoms with E-state index in [0.29, 0.717) is 5.75 Å². The maximum atomic E-state index is 11.9. The van der Waals surface area contributed by atoms with Crippen LogP contribution in [-0.2, 0) is 9.59 Å². The average molecular weight is 293 g/mol. The van der Waals surface area contributed by atoms with Gasteiger partial charge in [0, 0.05) is 0 Å². The predicted octanol–water partition coefficient (Wildman–Crippen LogP) is 2.48. The van der Waals surface area contributed by atoms with Gasteiger partial charge in [0.1, 0.15) is 11.8 Å². The van der Waals surface area contributed by atoms with Gasteiger partial charge < -0.3 is 15.2 Å². The number of ether oxygens (including phenoxy) is 1. The van der Waals surface area contributed by atoms with E-state index in [-0.39, 0.29) is 5.92 Å². The van der Waals surface area contributed by atoms with Gasteiger partial charge in [-0.25, -0.2) is 0 Å². The van der Waals surface area contributed by atoms with Crippen LogP contribution in [0.25, 0.3) is 0 Å². The first-order valence-corrected chi connectivity index (χ1v) is 7.02. The van der Waals surface area contributed by atoms with Crippen molar-refractivity contribution in [3.05, 3.63) is 29.3 Å². The fourth-order valence-corrected chi connectivity index (χ4v) is 1.86. The molecule has 5 heteroatoms. The zero-order valence-electron chi connectivity index (χ0n) is 13.1. The summed E-state index contributed by atoms with van der Waals surface area (Å²) in [6, 6.07) is 4.93. The van der Waals surface area contributed by atoms with Crippen LogP contribution in [-0.4, -0.2) is 29.1 Å². The Morgan fingerprint density at radius 2 is 1.81 bits per heavy atom. The van der Waals surface area contributed by atoms with E-state index >= 15 is 0 Å². The molecule has 0 aliphatic carbocycles. The summed E-state index contributed by atoms with van der Waals surface area (Å²) < 4.78 is 5.73. The predicted molar refractivity (Wildman–Crippen MR) is 80.6 cm³/mol. The molecule has 0 saturated carbocycles. The largest absolute Gasteiger partial charge is 0.481 e. The van der Waals surface area contributed by atoms with E-state index in [0.717, 1.165) is 11.1 Å². The quantitative estimate of drug-likeness (QED) is 0.845. The van der Waals surface area contributed by atoms with Crippen LogP contribution in [0, 0.1) is 6.92 Å². The second kappa shape index (κ2) is 7.11. The summed E-state index contributed by atoms with van der Waals surface area (Å²) in [6.07, 6.45) is -0.758. The van der Waals surface area contributed by atoms with Crippen LogP contribution in [0.2, 0.25) is 0 Å². The average Bonchev–Trinajstić information content (AvgIpc) is 2.37. The highest BCUT2D eigenvalue weighted by Gasteiger charge is 2.21. The lowest BCUT2D eigenvalue weighted by molar-refractivity contribution is -0.142. The fraction of sp³-hybridized carbons (Fsp3) is 0.500. The maximum Gasteiger partial charge on any atom is 0.325 e. The first-order chi connectivity index (χ1) is 9.72. The standard InChI is InChI=1S/C16H23NO4/c1-9(2)13-7-6-10(3)8-14(13)21-12(5)15(18)17-11(4)16(19)20/h6-9,11-12H,1-5H3,(H,17,18)(H,19,20)/t11-,12?/m0/s1. The van der Waals surface area contributed by atoms with Crippen LogP contribution in [0.1, 0.15) is 44.7 Å². The molecule has 2 N–H and O–H groups in total. The highest BCUT2D eigenvalue weighted by molar-refractivity contribution is 5.86. The molecule has 1 aromatic rings. The van der Waals surface area contributed by atoms with E-state index in [1.165, 1.54) is 6.92 Å². The van der Waals surface area contributed by atoms with E-state index < -0.39 is 24.0 Å². The number of rotatable bonds is 6. The molecule has 21 heavy (non-hydrogen) atoms. The Kier molecular flexibility index (Phi) is 5.76. The molecule has 1 amide bonds. The van der Waals surface area contributed by atoms with Crippen molar-refractivity contribution in [3.63, 3.8) is 0 Å². The molecular formula is C16H23NO4. The second-order valence-electron chi connectivity index (χ2n) is 5.52. The Morgan fingerprint density at radius 3 is 2.33 bits per heavy atom. The van der Waals surface area contributed by atoms with Gasteiger partial charge in [-0.15, -0.1) is 0 Å². The van der Waals surface area contributed by atoms with Gasteiger partial charge in [-0.05, 0) is 43.9 Å². The van der Waals surface area contributed by atoms with E-state index in [2.05, 4.69) is 19.2 Å². The van der Waals surface area contributed by atoms with Gasteiger partial charge in [-0.3, -0.25) is 9.59 Å². The molecule has 1 rings (SSSR count). The van der Waals surface area contributed by atoms with Gasteiger partial charge in [0.2, 0.25) is 0 Å². The zero-order valence-corrected chi connectivity index (χ0v) is 13.1. The molecule has 0 fully saturated rings. The summed E-state index contributed by atoms with van der Waals surface area (Å²) in [5, 5.41) is 11.2. The van der Waals surface area contributed by atoms with Crippen LogP contribution in [0.5, 0.6) is 5.75 Å². The minimum absolute atomic E-state index is 0.272. The summed E-state index contributed by atoms with van der Waals surface area (Å²) in [5.41, 5.74) is 2.06. The molecule has 0 aliphatic rings. The third-order valence-electron chi connectivity index (χ3n) is 3.19. The number of amides is 1. The molecule has 1 aromatic carbocycles. The van der Waals surface area contributed by atoms with Crippen molar-refractivity contribution >= 4 is 11.9 Å². The Labute approximate surface area is 125 Å². The molecule has 116 valence electrons. The number of carbonyl (C=O) groups excluding carboxylic acids is 1. The molecule has 0 saturated heterocycles. The van der Waals surface area contributed by atoms with Crippen molar-refractivity contribution in [2.45, 2.75) is 52.7 Å². The van der Waals surface area contributed by atoms with Gasteiger partial charge in [-0.1, -0.05) is 26.0 Å². The number of carboxylic acid groups (broad SMARTS) is 1. The normalized spacial score (nSPS) is 13.6. The highest BCUT2D eigenvalue weighted by atomic mass is 16.5. The molecule has 2 atom stereocenters. The third kappa shape index (κ3) is 4.77. The Balaban J connectivity index is 2.83. The van der Waals surface area contributed by atoms with Gasteiger partial charge in [0.25, 0.3) is 5.91 Å². The summed E-state index contributed by atoms with van der Waals surface area (Å²) in [7, 11) is 0. The van der Waals surface area contributed by atoms with E-state index in [1.807, 2.05) is 25.1 Å². The molecule has 0 heterocycles. The maximum absolute atomic E-state index is 11.9. The summed E-state index contributed by atoms with van der Waals surface area (Å²) in [6.45, 7) is 9.08. The lowest BCUT2D eigenvalue weighted by Gasteiger charge is -2.20. The second-order valence-corrected chi connectivity index (χ2v) is 5.52. The molecule has 0 radical (unpaired) electrons. The summed E-state index contributed by atoms with van der Waals surface area (Å²) in [4.78, 5) is 22.7. The van der Waals surface area contributed by atoms with Crippen LogP contribution in [0.3, 0.4) is 0 Å². The lowest BCUT2D eigenvalue weighted by atomic mass is 10.0. The van der Waals surface area contributed by atoms with E-state index in [1.54, 1.807) is 6.92 Å². The van der Waals surface area contributed by atoms with E-state index in [9.17, 15) is 9.59 Å². The van der Waals surface area contributed by atoms with Crippen molar-refractivity contribution in [3.8, 4) is 5.75 Å². The number of hydrogen-bond acceptors (Lipinski definition) is 3. The van der Waals surface area contributed by atoms with Gasteiger partial charge in [0.05, 0.1) is 0 Å². The molecular weight excluding hydrogens is 270 g/mol. The molecule has 1 unspecified atom stereocenters. The van der Waals surface area contributed by atoms with Gasteiger partial charge in [-0.2, -0.15) is 0 Å². The SMILES string of the molecule is Cc1ccc(C(C)C)c(OC(C)C(=O)N[C@@H](C)C(=O)O)c1. The molecule has 5 nitrogen and oxygen atoms in total. The van der Waals surface area contributed by atoms with E-state index in [4.69, 9.17) is 9.84 Å². The lowest BCUT2D eigenvalue weighted by Crippen LogP contribution is -2.44. The van der Waals surface area contributed by atoms with Crippen LogP contribution >= 0.6 is 0 Å². The van der Waals surface area contributed by atoms with Crippen LogP contribution in [0.4, 0.5) is 0 Å². The summed E-state index contributed by atoms with van der Waals surface area (Å²) in [5.74, 6) is -0.584. The number of aryl methyl sites for hydroxylation is 1. The summed E-state index contributed by atoms with van der Waals surface area (Å²) >= 11 is 0. The molecule has 0 bridgehead atoms. The first-order valence-electron chi connectivity index (χ1n) is 7.02. The Hall–Kier alpha value is -2.04. The molecule has 0 aromatic heterocycles. The minimum atomic E-state index is -1.08. The Morgan fingerprint density at radius 1 is 1.19 bits per heavy atom. The molecule has 0 spiro atoms. The number of carboxylic acids is 1. The monoisotopic (exact) mass is 293 g/mol. The Bertz CT molecular complexity index is 525. The highest BCUT2D eigenvalue weighted by Crippen LogP contribution is 2.28. The smallest absolute Gasteiger partial charge is 0.325 e. The third-order valence-corrected chi connectivity index (χ3v) is 3.19. The molecule has 0 aliphatic heterocycles. The van der Waals surface area contributed by atoms with Crippen molar-refractivity contribution in [2.24, 2.45) is 0 Å². The van der Waals surface area contributed by atoms with Crippen molar-refractivity contribution in [1.82, 2.24) is 5.32 Å². The van der Waals surface area contributed by atoms with Crippen molar-refractivity contribution in [2.75, 3.05) is 0 Å². The number of hydrogen-bond donors (Lipinski definition) is 2. The van der Waals surface area contributed by atoms with Crippen molar-refractivity contribution in [1.29, 1.82) is 0 Å². The van der Waals surface area contributed by atoms with Gasteiger partial charge >= 0.3 is 5.97 Å². The minimum Gasteiger partial charge on any atom is -0.481 e. The van der Waals surface area contributed by atoms with Crippen molar-refractivity contribution < 1.29 is 19.4 Å². The van der Waals surface area contributed by atoms with Crippen LogP contribution in [0.15, 0.2) is 18.2 Å². The zero-order chi connectivity index (χ0) is 16.2. The van der Waals surface area contributed by atoms with Crippen LogP contribution < -0.4 is 10.1 Å².